The monoisotopic (exact) mass is 1510 g/mol. The summed E-state index contributed by atoms with van der Waals surface area (Å²) in [5, 5.41) is 10.7. The number of aliphatic hydroxyl groups excluding tert-OH is 1. The lowest BCUT2D eigenvalue weighted by atomic mass is 9.99. The maximum absolute atomic E-state index is 13.1. The highest BCUT2D eigenvalue weighted by Gasteiger charge is 2.30. The SMILES string of the molecule is CCCCCCCCCCCCCCCCCCCCC(=O)OC[C@H](COP(=O)(O)OC[C@@H](O)COP(=O)(O)OC[C@@H](COC(=O)CCCCCCCCCCCCCC)OC(=O)CCCCCCCCCCCCCCCCC)OC(=O)CCCCCCCCCCCCCCCCC(C)CC. The molecule has 612 valence electrons. The van der Waals surface area contributed by atoms with Crippen LogP contribution in [0.5, 0.6) is 0 Å². The molecule has 3 N–H and O–H groups in total. The van der Waals surface area contributed by atoms with Crippen molar-refractivity contribution in [1.82, 2.24) is 0 Å². The third-order valence-electron chi connectivity index (χ3n) is 20.1. The molecule has 0 heterocycles. The molecular weight excluding hydrogens is 1340 g/mol. The molecule has 0 radical (unpaired) electrons. The highest BCUT2D eigenvalue weighted by atomic mass is 31.2. The summed E-state index contributed by atoms with van der Waals surface area (Å²) in [5.74, 6) is -1.25. The number of hydrogen-bond donors (Lipinski definition) is 3. The second-order valence-electron chi connectivity index (χ2n) is 30.5. The van der Waals surface area contributed by atoms with Gasteiger partial charge in [-0.2, -0.15) is 0 Å². The van der Waals surface area contributed by atoms with Gasteiger partial charge >= 0.3 is 39.5 Å². The Bertz CT molecular complexity index is 1960. The van der Waals surface area contributed by atoms with Gasteiger partial charge in [-0.3, -0.25) is 37.3 Å². The van der Waals surface area contributed by atoms with Crippen molar-refractivity contribution in [2.45, 2.75) is 470 Å². The van der Waals surface area contributed by atoms with Gasteiger partial charge in [0.2, 0.25) is 0 Å². The van der Waals surface area contributed by atoms with Gasteiger partial charge in [0.1, 0.15) is 19.3 Å². The van der Waals surface area contributed by atoms with Crippen molar-refractivity contribution in [3.05, 3.63) is 0 Å². The second kappa shape index (κ2) is 76.8. The molecule has 0 aliphatic carbocycles. The van der Waals surface area contributed by atoms with Crippen LogP contribution in [0.1, 0.15) is 452 Å². The molecule has 0 aliphatic rings. The minimum absolute atomic E-state index is 0.109. The quantitative estimate of drug-likeness (QED) is 0.0222. The van der Waals surface area contributed by atoms with Crippen LogP contribution in [-0.4, -0.2) is 96.7 Å². The first-order chi connectivity index (χ1) is 50.1. The zero-order chi connectivity index (χ0) is 75.5. The molecule has 0 spiro atoms. The van der Waals surface area contributed by atoms with Crippen molar-refractivity contribution in [3.8, 4) is 0 Å². The van der Waals surface area contributed by atoms with E-state index in [0.29, 0.717) is 25.7 Å². The predicted molar refractivity (Wildman–Crippen MR) is 423 cm³/mol. The Balaban J connectivity index is 5.26. The maximum Gasteiger partial charge on any atom is 0.472 e. The number of ether oxygens (including phenoxy) is 4. The maximum atomic E-state index is 13.1. The third-order valence-corrected chi connectivity index (χ3v) is 22.0. The minimum Gasteiger partial charge on any atom is -0.462 e. The molecule has 0 fully saturated rings. The summed E-state index contributed by atoms with van der Waals surface area (Å²) in [6.45, 7) is 7.41. The number of rotatable bonds is 84. The molecule has 0 bridgehead atoms. The van der Waals surface area contributed by atoms with E-state index in [0.717, 1.165) is 95.8 Å². The van der Waals surface area contributed by atoms with Crippen LogP contribution in [0.2, 0.25) is 0 Å². The molecule has 0 saturated carbocycles. The van der Waals surface area contributed by atoms with E-state index < -0.39 is 97.5 Å². The fourth-order valence-corrected chi connectivity index (χ4v) is 14.7. The van der Waals surface area contributed by atoms with Crippen molar-refractivity contribution in [2.24, 2.45) is 5.92 Å². The minimum atomic E-state index is -4.96. The van der Waals surface area contributed by atoms with E-state index in [4.69, 9.17) is 37.0 Å². The standard InChI is InChI=1S/C84H164O17P2/c1-6-10-13-16-19-22-25-28-30-31-32-34-38-43-48-53-58-63-68-82(87)95-74-80(101-84(89)70-65-60-55-50-45-40-36-35-37-41-46-51-56-61-66-77(5)9-4)76-99-103(92,93)97-72-78(85)71-96-102(90,91)98-75-79(73-94-81(86)67-62-57-52-47-42-27-24-21-18-15-12-8-3)100-83(88)69-64-59-54-49-44-39-33-29-26-23-20-17-14-11-7-2/h77-80,85H,6-76H2,1-5H3,(H,90,91)(H,92,93)/t77?,78-,79+,80+/m0/s1. The van der Waals surface area contributed by atoms with Crippen LogP contribution in [0.3, 0.4) is 0 Å². The normalized spacial score (nSPS) is 14.1. The summed E-state index contributed by atoms with van der Waals surface area (Å²) < 4.78 is 68.9. The number of unbranched alkanes of at least 4 members (excludes halogenated alkanes) is 55. The fraction of sp³-hybridized carbons (Fsp3) is 0.952. The van der Waals surface area contributed by atoms with Crippen LogP contribution in [0.4, 0.5) is 0 Å². The van der Waals surface area contributed by atoms with Crippen LogP contribution in [-0.2, 0) is 65.4 Å². The summed E-state index contributed by atoms with van der Waals surface area (Å²) in [5.41, 5.74) is 0. The van der Waals surface area contributed by atoms with E-state index in [2.05, 4.69) is 34.6 Å². The molecule has 103 heavy (non-hydrogen) atoms. The molecule has 6 atom stereocenters. The number of carbonyl (C=O) groups is 4. The number of aliphatic hydroxyl groups is 1. The highest BCUT2D eigenvalue weighted by Crippen LogP contribution is 2.45. The fourth-order valence-electron chi connectivity index (χ4n) is 13.1. The van der Waals surface area contributed by atoms with Crippen molar-refractivity contribution in [2.75, 3.05) is 39.6 Å². The molecule has 0 amide bonds. The second-order valence-corrected chi connectivity index (χ2v) is 33.4. The molecule has 0 aliphatic heterocycles. The van der Waals surface area contributed by atoms with Gasteiger partial charge in [0.15, 0.2) is 12.2 Å². The van der Waals surface area contributed by atoms with Crippen molar-refractivity contribution in [3.63, 3.8) is 0 Å². The smallest absolute Gasteiger partial charge is 0.462 e. The summed E-state index contributed by atoms with van der Waals surface area (Å²) in [6.07, 6.45) is 69.2. The Labute approximate surface area is 632 Å². The van der Waals surface area contributed by atoms with E-state index in [9.17, 15) is 43.2 Å². The largest absolute Gasteiger partial charge is 0.472 e. The molecule has 19 heteroatoms. The summed E-state index contributed by atoms with van der Waals surface area (Å²) in [4.78, 5) is 73.2. The van der Waals surface area contributed by atoms with Gasteiger partial charge in [-0.05, 0) is 31.6 Å². The van der Waals surface area contributed by atoms with Crippen LogP contribution in [0, 0.1) is 5.92 Å². The van der Waals surface area contributed by atoms with Crippen molar-refractivity contribution in [1.29, 1.82) is 0 Å². The van der Waals surface area contributed by atoms with Crippen LogP contribution in [0.25, 0.3) is 0 Å². The molecule has 17 nitrogen and oxygen atoms in total. The molecule has 0 rings (SSSR count). The van der Waals surface area contributed by atoms with Crippen LogP contribution in [0.15, 0.2) is 0 Å². The van der Waals surface area contributed by atoms with Gasteiger partial charge in [-0.1, -0.05) is 401 Å². The van der Waals surface area contributed by atoms with Gasteiger partial charge in [-0.15, -0.1) is 0 Å². The summed E-state index contributed by atoms with van der Waals surface area (Å²) in [7, 11) is -9.92. The number of phosphoric ester groups is 2. The van der Waals surface area contributed by atoms with Crippen LogP contribution < -0.4 is 0 Å². The first kappa shape index (κ1) is 101. The lowest BCUT2D eigenvalue weighted by Crippen LogP contribution is -2.30. The molecule has 0 aromatic carbocycles. The van der Waals surface area contributed by atoms with E-state index >= 15 is 0 Å². The van der Waals surface area contributed by atoms with Crippen molar-refractivity contribution < 1.29 is 80.2 Å². The average Bonchev–Trinajstić information content (AvgIpc) is 1.30. The lowest BCUT2D eigenvalue weighted by Gasteiger charge is -2.21. The number of hydrogen-bond acceptors (Lipinski definition) is 15. The van der Waals surface area contributed by atoms with E-state index in [1.165, 1.54) is 276 Å². The summed E-state index contributed by atoms with van der Waals surface area (Å²) in [6, 6.07) is 0. The number of carbonyl (C=O) groups excluding carboxylic acids is 4. The first-order valence-corrected chi connectivity index (χ1v) is 46.7. The molecule has 0 aromatic rings. The number of phosphoric acid groups is 2. The Morgan fingerprint density at radius 1 is 0.272 bits per heavy atom. The number of esters is 4. The lowest BCUT2D eigenvalue weighted by molar-refractivity contribution is -0.161. The molecule has 3 unspecified atom stereocenters. The molecule has 0 saturated heterocycles. The van der Waals surface area contributed by atoms with Gasteiger partial charge in [0, 0.05) is 25.7 Å². The Hall–Kier alpha value is -1.94. The van der Waals surface area contributed by atoms with E-state index in [-0.39, 0.29) is 25.7 Å². The highest BCUT2D eigenvalue weighted by molar-refractivity contribution is 7.47. The first-order valence-electron chi connectivity index (χ1n) is 43.7. The Morgan fingerprint density at radius 3 is 0.689 bits per heavy atom. The molecular formula is C84H164O17P2. The van der Waals surface area contributed by atoms with E-state index in [1.807, 2.05) is 0 Å². The zero-order valence-corrected chi connectivity index (χ0v) is 69.3. The third kappa shape index (κ3) is 76.6. The average molecular weight is 1510 g/mol. The predicted octanol–water partition coefficient (Wildman–Crippen LogP) is 25.6. The van der Waals surface area contributed by atoms with Crippen molar-refractivity contribution >= 4 is 39.5 Å². The van der Waals surface area contributed by atoms with E-state index in [1.54, 1.807) is 0 Å². The molecule has 0 aromatic heterocycles. The van der Waals surface area contributed by atoms with Gasteiger partial charge in [0.25, 0.3) is 0 Å². The van der Waals surface area contributed by atoms with Gasteiger partial charge in [0.05, 0.1) is 26.4 Å². The zero-order valence-electron chi connectivity index (χ0n) is 67.5. The van der Waals surface area contributed by atoms with Crippen LogP contribution >= 0.6 is 15.6 Å². The Kier molecular flexibility index (Phi) is 75.4. The summed E-state index contributed by atoms with van der Waals surface area (Å²) >= 11 is 0. The topological polar surface area (TPSA) is 237 Å². The Morgan fingerprint density at radius 2 is 0.466 bits per heavy atom. The van der Waals surface area contributed by atoms with Gasteiger partial charge in [-0.25, -0.2) is 9.13 Å². The van der Waals surface area contributed by atoms with Gasteiger partial charge < -0.3 is 33.8 Å².